The molecule has 6 N–H and O–H groups in total. The Morgan fingerprint density at radius 1 is 0.682 bits per heavy atom. The molecule has 246 valence electrons. The van der Waals surface area contributed by atoms with E-state index in [0.29, 0.717) is 49.2 Å². The van der Waals surface area contributed by atoms with Gasteiger partial charge in [-0.2, -0.15) is 25.3 Å². The van der Waals surface area contributed by atoms with Crippen LogP contribution in [0.2, 0.25) is 0 Å². The molecule has 0 fully saturated rings. The Kier molecular flexibility index (Phi) is 17.9. The number of hydrogen-bond acceptors (Lipinski definition) is 10. The van der Waals surface area contributed by atoms with Crippen LogP contribution < -0.4 is 31.6 Å². The van der Waals surface area contributed by atoms with Gasteiger partial charge in [-0.15, -0.1) is 0 Å². The molecule has 0 saturated carbocycles. The predicted molar refractivity (Wildman–Crippen MR) is 181 cm³/mol. The third-order valence-electron chi connectivity index (χ3n) is 7.03. The molecule has 0 spiro atoms. The van der Waals surface area contributed by atoms with Gasteiger partial charge in [-0.1, -0.05) is 44.5 Å². The highest BCUT2D eigenvalue weighted by Crippen LogP contribution is 2.33. The summed E-state index contributed by atoms with van der Waals surface area (Å²) in [5, 5.41) is 5.47. The van der Waals surface area contributed by atoms with Gasteiger partial charge in [-0.25, -0.2) is 9.59 Å². The first kappa shape index (κ1) is 37.4. The van der Waals surface area contributed by atoms with Gasteiger partial charge in [-0.05, 0) is 74.2 Å². The summed E-state index contributed by atoms with van der Waals surface area (Å²) in [6.07, 6.45) is 2.51. The molecule has 2 amide bonds. The maximum absolute atomic E-state index is 12.1. The third kappa shape index (κ3) is 13.9. The molecule has 2 atom stereocenters. The summed E-state index contributed by atoms with van der Waals surface area (Å²) >= 11 is 8.58. The number of hydrogen-bond donors (Lipinski definition) is 6. The molecular formula is C32H50N4O6S2. The normalized spacial score (nSPS) is 12.6. The standard InChI is InChI=1S/C32H50N4O6S2/c1-32(2,25-10-14-27(15-11-25)40-21-29(23-44)42-31(38)36-19-7-5-17-34)24-8-12-26(13-9-24)39-20-28(22-43)41-30(37)35-18-6-3-4-16-33/h8-15,28-29,43-44H,3-7,16-23,33-34H2,1-2H3,(H,35,37)(H,36,38). The van der Waals surface area contributed by atoms with Crippen LogP contribution >= 0.6 is 25.3 Å². The van der Waals surface area contributed by atoms with E-state index in [2.05, 4.69) is 49.7 Å². The molecule has 0 aliphatic carbocycles. The number of carbonyl (C=O) groups excluding carboxylic acids is 2. The van der Waals surface area contributed by atoms with E-state index in [-0.39, 0.29) is 18.6 Å². The van der Waals surface area contributed by atoms with Crippen LogP contribution in [0, 0.1) is 0 Å². The van der Waals surface area contributed by atoms with Gasteiger partial charge >= 0.3 is 12.2 Å². The van der Waals surface area contributed by atoms with Gasteiger partial charge in [0.2, 0.25) is 0 Å². The van der Waals surface area contributed by atoms with Crippen LogP contribution in [-0.2, 0) is 14.9 Å². The number of amides is 2. The summed E-state index contributed by atoms with van der Waals surface area (Å²) in [5.41, 5.74) is 12.9. The molecule has 10 nitrogen and oxygen atoms in total. The largest absolute Gasteiger partial charge is 0.490 e. The maximum Gasteiger partial charge on any atom is 0.407 e. The molecule has 2 unspecified atom stereocenters. The number of benzene rings is 2. The summed E-state index contributed by atoms with van der Waals surface area (Å²) in [5.74, 6) is 2.04. The quantitative estimate of drug-likeness (QED) is 0.0843. The first-order chi connectivity index (χ1) is 21.2. The Bertz CT molecular complexity index is 1090. The smallest absolute Gasteiger partial charge is 0.407 e. The van der Waals surface area contributed by atoms with Crippen LogP contribution in [0.4, 0.5) is 9.59 Å². The van der Waals surface area contributed by atoms with Crippen LogP contribution in [0.3, 0.4) is 0 Å². The number of nitrogens with two attached hydrogens (primary N) is 2. The highest BCUT2D eigenvalue weighted by atomic mass is 32.1. The second-order valence-corrected chi connectivity index (χ2v) is 11.6. The molecule has 2 aromatic rings. The predicted octanol–water partition coefficient (Wildman–Crippen LogP) is 4.69. The highest BCUT2D eigenvalue weighted by molar-refractivity contribution is 7.80. The van der Waals surface area contributed by atoms with Crippen molar-refractivity contribution >= 4 is 37.4 Å². The van der Waals surface area contributed by atoms with Crippen LogP contribution in [-0.4, -0.2) is 75.3 Å². The highest BCUT2D eigenvalue weighted by Gasteiger charge is 2.23. The van der Waals surface area contributed by atoms with Crippen molar-refractivity contribution in [3.05, 3.63) is 59.7 Å². The zero-order chi connectivity index (χ0) is 32.2. The lowest BCUT2D eigenvalue weighted by molar-refractivity contribution is 0.0776. The maximum atomic E-state index is 12.1. The van der Waals surface area contributed by atoms with Gasteiger partial charge in [0.15, 0.2) is 0 Å². The van der Waals surface area contributed by atoms with E-state index in [9.17, 15) is 9.59 Å². The number of thiol groups is 2. The molecule has 44 heavy (non-hydrogen) atoms. The van der Waals surface area contributed by atoms with Crippen LogP contribution in [0.1, 0.15) is 57.1 Å². The van der Waals surface area contributed by atoms with Crippen LogP contribution in [0.5, 0.6) is 11.5 Å². The minimum atomic E-state index is -0.485. The minimum Gasteiger partial charge on any atom is -0.490 e. The van der Waals surface area contributed by atoms with E-state index in [1.54, 1.807) is 0 Å². The first-order valence-corrected chi connectivity index (χ1v) is 16.5. The van der Waals surface area contributed by atoms with Crippen molar-refractivity contribution in [2.24, 2.45) is 11.5 Å². The summed E-state index contributed by atoms with van der Waals surface area (Å²) < 4.78 is 22.6. The van der Waals surface area contributed by atoms with Crippen LogP contribution in [0.15, 0.2) is 48.5 Å². The monoisotopic (exact) mass is 650 g/mol. The summed E-state index contributed by atoms with van der Waals surface area (Å²) in [6, 6.07) is 15.7. The lowest BCUT2D eigenvalue weighted by Gasteiger charge is -2.27. The first-order valence-electron chi connectivity index (χ1n) is 15.2. The minimum absolute atomic E-state index is 0.197. The van der Waals surface area contributed by atoms with Crippen molar-refractivity contribution in [1.29, 1.82) is 0 Å². The number of nitrogens with one attached hydrogen (secondary N) is 2. The molecule has 0 aromatic heterocycles. The number of ether oxygens (including phenoxy) is 4. The molecule has 0 bridgehead atoms. The van der Waals surface area contributed by atoms with Gasteiger partial charge in [0, 0.05) is 30.0 Å². The Labute approximate surface area is 273 Å². The van der Waals surface area contributed by atoms with Crippen LogP contribution in [0.25, 0.3) is 0 Å². The lowest BCUT2D eigenvalue weighted by Crippen LogP contribution is -2.33. The Balaban J connectivity index is 1.84. The van der Waals surface area contributed by atoms with Gasteiger partial charge in [0.25, 0.3) is 0 Å². The second kappa shape index (κ2) is 21.0. The van der Waals surface area contributed by atoms with Crippen molar-refractivity contribution in [1.82, 2.24) is 10.6 Å². The van der Waals surface area contributed by atoms with Gasteiger partial charge in [-0.3, -0.25) is 0 Å². The topological polar surface area (TPSA) is 147 Å². The molecule has 0 saturated heterocycles. The van der Waals surface area contributed by atoms with E-state index in [4.69, 9.17) is 30.4 Å². The zero-order valence-electron chi connectivity index (χ0n) is 26.0. The number of unbranched alkanes of at least 4 members (excludes halogenated alkanes) is 3. The lowest BCUT2D eigenvalue weighted by atomic mass is 9.78. The average molecular weight is 651 g/mol. The fraction of sp³-hybridized carbons (Fsp3) is 0.562. The third-order valence-corrected chi connectivity index (χ3v) is 7.84. The molecule has 0 aliphatic rings. The molecule has 12 heteroatoms. The number of carbonyl (C=O) groups is 2. The van der Waals surface area contributed by atoms with Crippen molar-refractivity contribution in [2.45, 2.75) is 63.6 Å². The Morgan fingerprint density at radius 2 is 1.07 bits per heavy atom. The van der Waals surface area contributed by atoms with Crippen molar-refractivity contribution in [3.63, 3.8) is 0 Å². The van der Waals surface area contributed by atoms with E-state index >= 15 is 0 Å². The number of alkyl carbamates (subject to hydrolysis) is 2. The molecule has 2 aromatic carbocycles. The second-order valence-electron chi connectivity index (χ2n) is 10.9. The molecule has 0 radical (unpaired) electrons. The van der Waals surface area contributed by atoms with E-state index in [0.717, 1.165) is 43.2 Å². The van der Waals surface area contributed by atoms with Gasteiger partial charge in [0.05, 0.1) is 0 Å². The van der Waals surface area contributed by atoms with Crippen molar-refractivity contribution in [3.8, 4) is 11.5 Å². The van der Waals surface area contributed by atoms with E-state index in [1.165, 1.54) is 0 Å². The molecule has 0 aliphatic heterocycles. The Morgan fingerprint density at radius 3 is 1.45 bits per heavy atom. The SMILES string of the molecule is CC(C)(c1ccc(OCC(CS)OC(=O)NCCCCN)cc1)c1ccc(OCC(CS)OC(=O)NCCCCCN)cc1. The molecular weight excluding hydrogens is 601 g/mol. The fourth-order valence-corrected chi connectivity index (χ4v) is 4.57. The molecule has 0 heterocycles. The van der Waals surface area contributed by atoms with E-state index in [1.807, 2.05) is 48.5 Å². The zero-order valence-corrected chi connectivity index (χ0v) is 27.8. The average Bonchev–Trinajstić information content (AvgIpc) is 3.03. The van der Waals surface area contributed by atoms with Crippen molar-refractivity contribution < 1.29 is 28.5 Å². The Hall–Kier alpha value is -2.80. The summed E-state index contributed by atoms with van der Waals surface area (Å²) in [6.45, 7) is 7.01. The fourth-order valence-electron chi connectivity index (χ4n) is 4.21. The number of rotatable bonds is 21. The van der Waals surface area contributed by atoms with Gasteiger partial charge in [0.1, 0.15) is 36.9 Å². The van der Waals surface area contributed by atoms with Crippen molar-refractivity contribution in [2.75, 3.05) is 50.9 Å². The van der Waals surface area contributed by atoms with Gasteiger partial charge < -0.3 is 41.0 Å². The van der Waals surface area contributed by atoms with E-state index < -0.39 is 24.4 Å². The summed E-state index contributed by atoms with van der Waals surface area (Å²) in [4.78, 5) is 24.0. The summed E-state index contributed by atoms with van der Waals surface area (Å²) in [7, 11) is 0. The molecule has 2 rings (SSSR count).